The second-order valence-electron chi connectivity index (χ2n) is 7.65. The number of nitrogens with one attached hydrogen (secondary N) is 2. The fourth-order valence-corrected chi connectivity index (χ4v) is 3.85. The zero-order valence-electron chi connectivity index (χ0n) is 18.6. The van der Waals surface area contributed by atoms with E-state index >= 15 is 0 Å². The lowest BCUT2D eigenvalue weighted by Crippen LogP contribution is -2.35. The van der Waals surface area contributed by atoms with Crippen LogP contribution in [0.3, 0.4) is 0 Å². The van der Waals surface area contributed by atoms with Gasteiger partial charge in [-0.25, -0.2) is 4.68 Å². The van der Waals surface area contributed by atoms with Crippen LogP contribution in [0.4, 0.5) is 24.7 Å². The molecule has 0 saturated carbocycles. The van der Waals surface area contributed by atoms with Gasteiger partial charge in [0.15, 0.2) is 23.2 Å². The Kier molecular flexibility index (Phi) is 6.27. The van der Waals surface area contributed by atoms with E-state index in [0.717, 1.165) is 4.68 Å². The van der Waals surface area contributed by atoms with Crippen molar-refractivity contribution in [3.63, 3.8) is 0 Å². The molecular formula is C23H23F3N4O4. The molecule has 0 saturated heterocycles. The van der Waals surface area contributed by atoms with E-state index in [0.29, 0.717) is 28.5 Å². The van der Waals surface area contributed by atoms with Crippen molar-refractivity contribution in [3.8, 4) is 17.2 Å². The monoisotopic (exact) mass is 476 g/mol. The van der Waals surface area contributed by atoms with E-state index in [2.05, 4.69) is 15.7 Å². The van der Waals surface area contributed by atoms with Crippen molar-refractivity contribution in [2.24, 2.45) is 0 Å². The van der Waals surface area contributed by atoms with Gasteiger partial charge in [0.25, 0.3) is 5.91 Å². The Hall–Kier alpha value is -3.89. The van der Waals surface area contributed by atoms with Gasteiger partial charge in [-0.15, -0.1) is 0 Å². The van der Waals surface area contributed by atoms with Crippen molar-refractivity contribution in [1.29, 1.82) is 0 Å². The molecule has 8 nitrogen and oxygen atoms in total. The molecule has 2 heterocycles. The van der Waals surface area contributed by atoms with Crippen LogP contribution in [0.1, 0.15) is 34.6 Å². The van der Waals surface area contributed by atoms with Crippen LogP contribution in [-0.4, -0.2) is 43.2 Å². The Labute approximate surface area is 193 Å². The molecule has 2 N–H and O–H groups in total. The summed E-state index contributed by atoms with van der Waals surface area (Å²) < 4.78 is 58.0. The third kappa shape index (κ3) is 4.59. The van der Waals surface area contributed by atoms with Crippen molar-refractivity contribution in [2.45, 2.75) is 24.7 Å². The zero-order valence-corrected chi connectivity index (χ0v) is 18.6. The molecular weight excluding hydrogens is 453 g/mol. The van der Waals surface area contributed by atoms with Gasteiger partial charge in [0.2, 0.25) is 0 Å². The van der Waals surface area contributed by atoms with Gasteiger partial charge in [0.1, 0.15) is 11.6 Å². The summed E-state index contributed by atoms with van der Waals surface area (Å²) in [7, 11) is 4.45. The Morgan fingerprint density at radius 3 is 2.35 bits per heavy atom. The molecule has 1 amide bonds. The molecule has 4 rings (SSSR count). The Bertz CT molecular complexity index is 1180. The van der Waals surface area contributed by atoms with E-state index in [9.17, 15) is 18.0 Å². The van der Waals surface area contributed by atoms with Crippen LogP contribution in [0.2, 0.25) is 0 Å². The first-order chi connectivity index (χ1) is 16.2. The molecule has 11 heteroatoms. The number of fused-ring (bicyclic) bond motifs is 1. The molecule has 0 spiro atoms. The quantitative estimate of drug-likeness (QED) is 0.531. The van der Waals surface area contributed by atoms with Crippen molar-refractivity contribution >= 4 is 17.4 Å². The summed E-state index contributed by atoms with van der Waals surface area (Å²) >= 11 is 0. The minimum Gasteiger partial charge on any atom is -0.497 e. The maximum absolute atomic E-state index is 13.9. The molecule has 0 unspecified atom stereocenters. The fourth-order valence-electron chi connectivity index (χ4n) is 3.85. The number of aromatic nitrogens is 2. The number of anilines is 2. The molecule has 2 aromatic carbocycles. The maximum Gasteiger partial charge on any atom is 0.410 e. The minimum atomic E-state index is -4.55. The fraction of sp³-hybridized carbons (Fsp3) is 0.304. The first-order valence-electron chi connectivity index (χ1n) is 10.3. The number of carbonyl (C=O) groups excluding carboxylic acids is 1. The first kappa shape index (κ1) is 23.3. The van der Waals surface area contributed by atoms with Gasteiger partial charge in [-0.1, -0.05) is 12.1 Å². The number of methoxy groups -OCH3 is 3. The number of benzene rings is 2. The SMILES string of the molecule is COc1ccc([C@H]2C[C@@H](C(F)(F)F)n3nc(C(=O)Nc4ccc(OC)c(OC)c4)cc3N2)cc1. The topological polar surface area (TPSA) is 86.6 Å². The third-order valence-corrected chi connectivity index (χ3v) is 5.58. The summed E-state index contributed by atoms with van der Waals surface area (Å²) in [4.78, 5) is 12.8. The maximum atomic E-state index is 13.9. The second kappa shape index (κ2) is 9.16. The van der Waals surface area contributed by atoms with Crippen molar-refractivity contribution in [3.05, 3.63) is 59.8 Å². The highest BCUT2D eigenvalue weighted by Crippen LogP contribution is 2.44. The molecule has 1 aromatic heterocycles. The Morgan fingerprint density at radius 2 is 1.74 bits per heavy atom. The number of amides is 1. The van der Waals surface area contributed by atoms with Gasteiger partial charge in [-0.2, -0.15) is 18.3 Å². The van der Waals surface area contributed by atoms with Gasteiger partial charge >= 0.3 is 6.18 Å². The molecule has 34 heavy (non-hydrogen) atoms. The van der Waals surface area contributed by atoms with Crippen LogP contribution in [0.25, 0.3) is 0 Å². The molecule has 1 aliphatic rings. The van der Waals surface area contributed by atoms with Crippen LogP contribution >= 0.6 is 0 Å². The highest BCUT2D eigenvalue weighted by molar-refractivity contribution is 6.03. The van der Waals surface area contributed by atoms with Crippen LogP contribution in [0.15, 0.2) is 48.5 Å². The molecule has 0 aliphatic carbocycles. The van der Waals surface area contributed by atoms with Gasteiger partial charge in [0, 0.05) is 24.2 Å². The van der Waals surface area contributed by atoms with E-state index in [1.54, 1.807) is 42.5 Å². The smallest absolute Gasteiger partial charge is 0.410 e. The van der Waals surface area contributed by atoms with Gasteiger partial charge in [-0.05, 0) is 29.8 Å². The molecule has 3 aromatic rings. The average Bonchev–Trinajstić information content (AvgIpc) is 3.27. The summed E-state index contributed by atoms with van der Waals surface area (Å²) in [6, 6.07) is 10.3. The van der Waals surface area contributed by atoms with Gasteiger partial charge in [0.05, 0.1) is 27.4 Å². The van der Waals surface area contributed by atoms with Crippen LogP contribution in [-0.2, 0) is 0 Å². The van der Waals surface area contributed by atoms with Crippen LogP contribution < -0.4 is 24.8 Å². The molecule has 0 bridgehead atoms. The van der Waals surface area contributed by atoms with Gasteiger partial charge in [-0.3, -0.25) is 4.79 Å². The molecule has 2 atom stereocenters. The van der Waals surface area contributed by atoms with E-state index in [4.69, 9.17) is 14.2 Å². The Balaban J connectivity index is 1.61. The Morgan fingerprint density at radius 1 is 1.03 bits per heavy atom. The van der Waals surface area contributed by atoms with Crippen molar-refractivity contribution in [2.75, 3.05) is 32.0 Å². The molecule has 1 aliphatic heterocycles. The molecule has 180 valence electrons. The lowest BCUT2D eigenvalue weighted by Gasteiger charge is -2.33. The summed E-state index contributed by atoms with van der Waals surface area (Å²) in [5.41, 5.74) is 0.894. The zero-order chi connectivity index (χ0) is 24.5. The highest BCUT2D eigenvalue weighted by atomic mass is 19.4. The highest BCUT2D eigenvalue weighted by Gasteiger charge is 2.46. The predicted molar refractivity (Wildman–Crippen MR) is 119 cm³/mol. The third-order valence-electron chi connectivity index (χ3n) is 5.58. The van der Waals surface area contributed by atoms with Gasteiger partial charge < -0.3 is 24.8 Å². The molecule has 0 fully saturated rings. The van der Waals surface area contributed by atoms with Crippen LogP contribution in [0.5, 0.6) is 17.2 Å². The number of hydrogen-bond acceptors (Lipinski definition) is 6. The average molecular weight is 476 g/mol. The number of halogens is 3. The van der Waals surface area contributed by atoms with Crippen molar-refractivity contribution in [1.82, 2.24) is 9.78 Å². The standard InChI is InChI=1S/C23H23F3N4O4/c1-32-15-7-4-13(5-8-15)16-11-20(23(24,25)26)30-21(28-16)12-17(29-30)22(31)27-14-6-9-18(33-2)19(10-14)34-3/h4-10,12,16,20,28H,11H2,1-3H3,(H,27,31)/t16-,20+/m1/s1. The number of alkyl halides is 3. The summed E-state index contributed by atoms with van der Waals surface area (Å²) in [6.45, 7) is 0. The second-order valence-corrected chi connectivity index (χ2v) is 7.65. The first-order valence-corrected chi connectivity index (χ1v) is 10.3. The summed E-state index contributed by atoms with van der Waals surface area (Å²) in [6.07, 6.45) is -4.83. The predicted octanol–water partition coefficient (Wildman–Crippen LogP) is 4.82. The summed E-state index contributed by atoms with van der Waals surface area (Å²) in [5, 5.41) is 9.67. The normalized spacial score (nSPS) is 17.4. The van der Waals surface area contributed by atoms with Crippen LogP contribution in [0, 0.1) is 0 Å². The molecule has 0 radical (unpaired) electrons. The lowest BCUT2D eigenvalue weighted by atomic mass is 9.97. The number of hydrogen-bond donors (Lipinski definition) is 2. The number of rotatable bonds is 6. The largest absolute Gasteiger partial charge is 0.497 e. The lowest BCUT2D eigenvalue weighted by molar-refractivity contribution is -0.173. The van der Waals surface area contributed by atoms with E-state index in [1.165, 1.54) is 27.4 Å². The number of carbonyl (C=O) groups is 1. The van der Waals surface area contributed by atoms with E-state index in [-0.39, 0.29) is 17.9 Å². The number of nitrogens with zero attached hydrogens (tertiary/aromatic N) is 2. The summed E-state index contributed by atoms with van der Waals surface area (Å²) in [5.74, 6) is 0.918. The van der Waals surface area contributed by atoms with E-state index < -0.39 is 24.2 Å². The van der Waals surface area contributed by atoms with E-state index in [1.807, 2.05) is 0 Å². The minimum absolute atomic E-state index is 0.104. The van der Waals surface area contributed by atoms with Crippen molar-refractivity contribution < 1.29 is 32.2 Å². The number of ether oxygens (including phenoxy) is 3.